The Morgan fingerprint density at radius 3 is 2.96 bits per heavy atom. The number of aryl methyl sites for hydroxylation is 1. The summed E-state index contributed by atoms with van der Waals surface area (Å²) < 4.78 is 11.4. The van der Waals surface area contributed by atoms with E-state index < -0.39 is 0 Å². The number of nitrogens with one attached hydrogen (secondary N) is 1. The molecule has 2 unspecified atom stereocenters. The van der Waals surface area contributed by atoms with Crippen LogP contribution in [0.3, 0.4) is 0 Å². The Kier molecular flexibility index (Phi) is 5.78. The van der Waals surface area contributed by atoms with Gasteiger partial charge in [-0.3, -0.25) is 9.89 Å². The number of amides is 1. The molecule has 1 amide bonds. The number of hydrogen-bond donors (Lipinski definition) is 1. The first-order chi connectivity index (χ1) is 12.1. The summed E-state index contributed by atoms with van der Waals surface area (Å²) in [4.78, 5) is 18.8. The molecular weight excluding hydrogens is 320 g/mol. The summed E-state index contributed by atoms with van der Waals surface area (Å²) in [7, 11) is 0. The van der Waals surface area contributed by atoms with E-state index in [0.717, 1.165) is 11.4 Å². The molecular formula is C18H24N4O3. The molecule has 134 valence electrons. The van der Waals surface area contributed by atoms with Crippen molar-refractivity contribution in [1.29, 1.82) is 0 Å². The smallest absolute Gasteiger partial charge is 0.227 e. The fourth-order valence-corrected chi connectivity index (χ4v) is 2.82. The van der Waals surface area contributed by atoms with Crippen LogP contribution in [0.2, 0.25) is 0 Å². The van der Waals surface area contributed by atoms with E-state index >= 15 is 0 Å². The third-order valence-electron chi connectivity index (χ3n) is 4.18. The lowest BCUT2D eigenvalue weighted by molar-refractivity contribution is -0.145. The Morgan fingerprint density at radius 2 is 2.24 bits per heavy atom. The molecule has 2 aromatic rings. The van der Waals surface area contributed by atoms with Crippen LogP contribution in [0.25, 0.3) is 0 Å². The Bertz CT molecular complexity index is 689. The molecule has 2 heterocycles. The Morgan fingerprint density at radius 1 is 1.44 bits per heavy atom. The molecule has 2 atom stereocenters. The summed E-state index contributed by atoms with van der Waals surface area (Å²) in [5, 5.41) is 6.95. The van der Waals surface area contributed by atoms with Gasteiger partial charge in [0.2, 0.25) is 5.91 Å². The van der Waals surface area contributed by atoms with Crippen molar-refractivity contribution in [1.82, 2.24) is 20.1 Å². The van der Waals surface area contributed by atoms with E-state index in [9.17, 15) is 4.79 Å². The molecule has 1 aromatic heterocycles. The molecule has 25 heavy (non-hydrogen) atoms. The normalized spacial score (nSPS) is 19.0. The van der Waals surface area contributed by atoms with Crippen LogP contribution in [-0.2, 0) is 20.9 Å². The summed E-state index contributed by atoms with van der Waals surface area (Å²) in [5.74, 6) is 1.22. The van der Waals surface area contributed by atoms with Crippen molar-refractivity contribution in [2.45, 2.75) is 26.6 Å². The van der Waals surface area contributed by atoms with Gasteiger partial charge in [0.05, 0.1) is 32.3 Å². The predicted octanol–water partition coefficient (Wildman–Crippen LogP) is 1.87. The third-order valence-corrected chi connectivity index (χ3v) is 4.18. The SMILES string of the molecule is Cc1nc(C2CN(C(=O)C(C)COCc3ccccc3)CCO2)n[nH]1. The molecule has 0 radical (unpaired) electrons. The van der Waals surface area contributed by atoms with E-state index in [1.165, 1.54) is 0 Å². The van der Waals surface area contributed by atoms with Crippen LogP contribution in [-0.4, -0.2) is 52.3 Å². The Hall–Kier alpha value is -2.25. The number of morpholine rings is 1. The highest BCUT2D eigenvalue weighted by molar-refractivity contribution is 5.78. The van der Waals surface area contributed by atoms with E-state index in [1.807, 2.05) is 49.1 Å². The lowest BCUT2D eigenvalue weighted by atomic mass is 10.1. The molecule has 3 rings (SSSR count). The average molecular weight is 344 g/mol. The summed E-state index contributed by atoms with van der Waals surface area (Å²) in [6.45, 7) is 6.20. The van der Waals surface area contributed by atoms with E-state index in [4.69, 9.17) is 9.47 Å². The van der Waals surface area contributed by atoms with Crippen LogP contribution < -0.4 is 0 Å². The first-order valence-corrected chi connectivity index (χ1v) is 8.54. The monoisotopic (exact) mass is 344 g/mol. The first kappa shape index (κ1) is 17.6. The molecule has 1 aromatic carbocycles. The minimum Gasteiger partial charge on any atom is -0.376 e. The quantitative estimate of drug-likeness (QED) is 0.865. The second-order valence-corrected chi connectivity index (χ2v) is 6.32. The van der Waals surface area contributed by atoms with Gasteiger partial charge in [-0.25, -0.2) is 4.98 Å². The molecule has 1 saturated heterocycles. The molecule has 0 bridgehead atoms. The highest BCUT2D eigenvalue weighted by atomic mass is 16.5. The maximum absolute atomic E-state index is 12.7. The standard InChI is InChI=1S/C18H24N4O3/c1-13(11-24-12-15-6-4-3-5-7-15)18(23)22-8-9-25-16(10-22)17-19-14(2)20-21-17/h3-7,13,16H,8-12H2,1-2H3,(H,19,20,21). The van der Waals surface area contributed by atoms with Gasteiger partial charge in [-0.1, -0.05) is 37.3 Å². The highest BCUT2D eigenvalue weighted by Gasteiger charge is 2.30. The van der Waals surface area contributed by atoms with Gasteiger partial charge in [0.15, 0.2) is 5.82 Å². The highest BCUT2D eigenvalue weighted by Crippen LogP contribution is 2.20. The molecule has 1 aliphatic heterocycles. The third kappa shape index (κ3) is 4.64. The molecule has 0 saturated carbocycles. The number of ether oxygens (including phenoxy) is 2. The lowest BCUT2D eigenvalue weighted by Crippen LogP contribution is -2.45. The maximum Gasteiger partial charge on any atom is 0.227 e. The lowest BCUT2D eigenvalue weighted by Gasteiger charge is -2.33. The number of aromatic amines is 1. The Labute approximate surface area is 147 Å². The van der Waals surface area contributed by atoms with E-state index in [1.54, 1.807) is 0 Å². The van der Waals surface area contributed by atoms with Gasteiger partial charge in [0.1, 0.15) is 11.9 Å². The number of benzene rings is 1. The fourth-order valence-electron chi connectivity index (χ4n) is 2.82. The molecule has 1 fully saturated rings. The second kappa shape index (κ2) is 8.22. The summed E-state index contributed by atoms with van der Waals surface area (Å²) in [5.41, 5.74) is 1.11. The van der Waals surface area contributed by atoms with Gasteiger partial charge >= 0.3 is 0 Å². The maximum atomic E-state index is 12.7. The van der Waals surface area contributed by atoms with Crippen molar-refractivity contribution in [3.63, 3.8) is 0 Å². The van der Waals surface area contributed by atoms with Crippen molar-refractivity contribution in [3.8, 4) is 0 Å². The zero-order valence-corrected chi connectivity index (χ0v) is 14.6. The van der Waals surface area contributed by atoms with Gasteiger partial charge in [-0.2, -0.15) is 5.10 Å². The number of aromatic nitrogens is 3. The fraction of sp³-hybridized carbons (Fsp3) is 0.500. The second-order valence-electron chi connectivity index (χ2n) is 6.32. The average Bonchev–Trinajstić information content (AvgIpc) is 3.08. The van der Waals surface area contributed by atoms with Crippen LogP contribution in [0.15, 0.2) is 30.3 Å². The molecule has 0 aliphatic carbocycles. The molecule has 7 heteroatoms. The molecule has 1 N–H and O–H groups in total. The minimum atomic E-state index is -0.278. The van der Waals surface area contributed by atoms with E-state index in [-0.39, 0.29) is 17.9 Å². The van der Waals surface area contributed by atoms with Crippen molar-refractivity contribution >= 4 is 5.91 Å². The summed E-state index contributed by atoms with van der Waals surface area (Å²) >= 11 is 0. The van der Waals surface area contributed by atoms with E-state index in [2.05, 4.69) is 15.2 Å². The van der Waals surface area contributed by atoms with Crippen molar-refractivity contribution in [3.05, 3.63) is 47.5 Å². The zero-order valence-electron chi connectivity index (χ0n) is 14.6. The van der Waals surface area contributed by atoms with Gasteiger partial charge in [0, 0.05) is 6.54 Å². The number of hydrogen-bond acceptors (Lipinski definition) is 5. The number of carbonyl (C=O) groups excluding carboxylic acids is 1. The number of carbonyl (C=O) groups is 1. The van der Waals surface area contributed by atoms with Gasteiger partial charge in [0.25, 0.3) is 0 Å². The zero-order chi connectivity index (χ0) is 17.6. The van der Waals surface area contributed by atoms with Crippen molar-refractivity contribution in [2.75, 3.05) is 26.3 Å². The summed E-state index contributed by atoms with van der Waals surface area (Å²) in [6, 6.07) is 9.95. The van der Waals surface area contributed by atoms with Crippen LogP contribution in [0.1, 0.15) is 30.2 Å². The number of H-pyrrole nitrogens is 1. The van der Waals surface area contributed by atoms with Crippen LogP contribution in [0, 0.1) is 12.8 Å². The largest absolute Gasteiger partial charge is 0.376 e. The minimum absolute atomic E-state index is 0.0774. The van der Waals surface area contributed by atoms with Gasteiger partial charge in [-0.15, -0.1) is 0 Å². The van der Waals surface area contributed by atoms with Gasteiger partial charge < -0.3 is 14.4 Å². The van der Waals surface area contributed by atoms with Crippen molar-refractivity contribution in [2.24, 2.45) is 5.92 Å². The molecule has 7 nitrogen and oxygen atoms in total. The van der Waals surface area contributed by atoms with Crippen LogP contribution in [0.5, 0.6) is 0 Å². The van der Waals surface area contributed by atoms with Crippen LogP contribution >= 0.6 is 0 Å². The van der Waals surface area contributed by atoms with E-state index in [0.29, 0.717) is 38.7 Å². The molecule has 0 spiro atoms. The summed E-state index contributed by atoms with van der Waals surface area (Å²) in [6.07, 6.45) is -0.278. The topological polar surface area (TPSA) is 80.3 Å². The predicted molar refractivity (Wildman–Crippen MR) is 91.7 cm³/mol. The molecule has 1 aliphatic rings. The van der Waals surface area contributed by atoms with Gasteiger partial charge in [-0.05, 0) is 12.5 Å². The first-order valence-electron chi connectivity index (χ1n) is 8.54. The van der Waals surface area contributed by atoms with Crippen molar-refractivity contribution < 1.29 is 14.3 Å². The van der Waals surface area contributed by atoms with Crippen LogP contribution in [0.4, 0.5) is 0 Å². The number of rotatable bonds is 6. The number of nitrogens with zero attached hydrogens (tertiary/aromatic N) is 3. The Balaban J connectivity index is 1.49.